The summed E-state index contributed by atoms with van der Waals surface area (Å²) in [5, 5.41) is 6.78. The van der Waals surface area contributed by atoms with Crippen LogP contribution in [0.5, 0.6) is 17.2 Å². The molecule has 2 aliphatic rings. The fourth-order valence-electron chi connectivity index (χ4n) is 5.12. The number of hydrogen-bond donors (Lipinski definition) is 1. The number of nitrogens with zero attached hydrogens (tertiary/aromatic N) is 3. The van der Waals surface area contributed by atoms with Crippen LogP contribution in [0.1, 0.15) is 40.1 Å². The van der Waals surface area contributed by atoms with Gasteiger partial charge in [-0.3, -0.25) is 9.59 Å². The van der Waals surface area contributed by atoms with Crippen molar-refractivity contribution in [1.82, 2.24) is 20.1 Å². The molecule has 2 aliphatic heterocycles. The molecule has 4 aromatic rings. The van der Waals surface area contributed by atoms with Crippen molar-refractivity contribution in [3.05, 3.63) is 64.3 Å². The Labute approximate surface area is 216 Å². The molecule has 2 aromatic carbocycles. The molecule has 0 radical (unpaired) electrons. The lowest BCUT2D eigenvalue weighted by Crippen LogP contribution is -2.52. The van der Waals surface area contributed by atoms with E-state index in [0.29, 0.717) is 65.5 Å². The first kappa shape index (κ1) is 23.7. The number of ether oxygens (including phenoxy) is 3. The predicted molar refractivity (Wildman–Crippen MR) is 135 cm³/mol. The Morgan fingerprint density at radius 1 is 1.05 bits per heavy atom. The van der Waals surface area contributed by atoms with Crippen LogP contribution in [0.2, 0.25) is 0 Å². The highest BCUT2D eigenvalue weighted by atomic mass is 16.5. The lowest BCUT2D eigenvalue weighted by Gasteiger charge is -2.43. The molecule has 194 valence electrons. The van der Waals surface area contributed by atoms with E-state index < -0.39 is 11.4 Å². The van der Waals surface area contributed by atoms with Gasteiger partial charge in [0.2, 0.25) is 5.89 Å². The molecule has 0 atom stereocenters. The maximum Gasteiger partial charge on any atom is 0.434 e. The maximum absolute atomic E-state index is 13.4. The van der Waals surface area contributed by atoms with Gasteiger partial charge in [0, 0.05) is 42.9 Å². The molecule has 1 spiro atoms. The second-order valence-corrected chi connectivity index (χ2v) is 9.40. The molecule has 1 saturated heterocycles. The molecule has 1 amide bonds. The number of methoxy groups -OCH3 is 2. The highest BCUT2D eigenvalue weighted by molar-refractivity contribution is 6.01. The number of carbonyl (C=O) groups is 2. The largest absolute Gasteiger partial charge is 0.497 e. The zero-order chi connectivity index (χ0) is 26.4. The van der Waals surface area contributed by atoms with Crippen molar-refractivity contribution in [2.75, 3.05) is 27.3 Å². The van der Waals surface area contributed by atoms with Crippen molar-refractivity contribution in [3.63, 3.8) is 0 Å². The van der Waals surface area contributed by atoms with Crippen molar-refractivity contribution in [2.45, 2.75) is 24.9 Å². The number of aromatic nitrogens is 3. The van der Waals surface area contributed by atoms with Gasteiger partial charge in [-0.05, 0) is 36.4 Å². The molecule has 0 saturated carbocycles. The first-order valence-electron chi connectivity index (χ1n) is 12.1. The number of H-pyrrole nitrogens is 1. The number of piperidine rings is 1. The lowest BCUT2D eigenvalue weighted by atomic mass is 9.82. The van der Waals surface area contributed by atoms with Crippen LogP contribution >= 0.6 is 0 Å². The molecule has 2 aromatic heterocycles. The molecule has 38 heavy (non-hydrogen) atoms. The minimum absolute atomic E-state index is 0.0675. The van der Waals surface area contributed by atoms with E-state index >= 15 is 0 Å². The molecule has 6 rings (SSSR count). The van der Waals surface area contributed by atoms with E-state index in [1.165, 1.54) is 0 Å². The van der Waals surface area contributed by atoms with Crippen LogP contribution in [0.3, 0.4) is 0 Å². The number of benzene rings is 2. The smallest absolute Gasteiger partial charge is 0.434 e. The van der Waals surface area contributed by atoms with Gasteiger partial charge in [0.25, 0.3) is 5.91 Å². The van der Waals surface area contributed by atoms with E-state index in [1.54, 1.807) is 55.5 Å². The van der Waals surface area contributed by atoms with Crippen LogP contribution in [-0.4, -0.2) is 64.7 Å². The summed E-state index contributed by atoms with van der Waals surface area (Å²) < 4.78 is 22.2. The second-order valence-electron chi connectivity index (χ2n) is 9.40. The summed E-state index contributed by atoms with van der Waals surface area (Å²) in [5.41, 5.74) is 1.16. The van der Waals surface area contributed by atoms with Crippen molar-refractivity contribution in [2.24, 2.45) is 0 Å². The summed E-state index contributed by atoms with van der Waals surface area (Å²) in [6.07, 6.45) is 1.20. The van der Waals surface area contributed by atoms with Gasteiger partial charge in [0.15, 0.2) is 5.78 Å². The standard InChI is InChI=1S/C27H24N4O7/c1-35-16-4-5-19-17(12-16)23(36-2)13-20(28-19)25(33)31-9-7-27(8-10-31)14-21(32)18-11-15(3-6-22(18)38-27)24-29-30-26(34)37-24/h3-6,11-13H,7-10,14H2,1-2H3,(H,30,34). The first-order chi connectivity index (χ1) is 18.4. The van der Waals surface area contributed by atoms with Gasteiger partial charge in [0.1, 0.15) is 28.5 Å². The molecule has 0 unspecified atom stereocenters. The summed E-state index contributed by atoms with van der Waals surface area (Å²) in [4.78, 5) is 44.1. The second kappa shape index (κ2) is 9.02. The number of aromatic amines is 1. The van der Waals surface area contributed by atoms with Crippen molar-refractivity contribution < 1.29 is 28.2 Å². The number of pyridine rings is 1. The summed E-state index contributed by atoms with van der Waals surface area (Å²) in [5.74, 6) is 0.848. The van der Waals surface area contributed by atoms with Crippen LogP contribution in [0.15, 0.2) is 51.7 Å². The number of carbonyl (C=O) groups excluding carboxylic acids is 2. The van der Waals surface area contributed by atoms with Crippen LogP contribution in [0, 0.1) is 0 Å². The zero-order valence-corrected chi connectivity index (χ0v) is 20.8. The van der Waals surface area contributed by atoms with E-state index in [-0.39, 0.29) is 24.0 Å². The average molecular weight is 517 g/mol. The molecule has 1 fully saturated rings. The number of hydrogen-bond acceptors (Lipinski definition) is 9. The Balaban J connectivity index is 1.19. The van der Waals surface area contributed by atoms with E-state index in [9.17, 15) is 14.4 Å². The molecular formula is C27H24N4O7. The minimum atomic E-state index is -0.688. The van der Waals surface area contributed by atoms with Gasteiger partial charge in [-0.1, -0.05) is 0 Å². The monoisotopic (exact) mass is 516 g/mol. The Bertz CT molecular complexity index is 1630. The van der Waals surface area contributed by atoms with Gasteiger partial charge in [0.05, 0.1) is 31.7 Å². The highest BCUT2D eigenvalue weighted by Crippen LogP contribution is 2.41. The summed E-state index contributed by atoms with van der Waals surface area (Å²) >= 11 is 0. The lowest BCUT2D eigenvalue weighted by molar-refractivity contribution is -0.00583. The van der Waals surface area contributed by atoms with Gasteiger partial charge in [-0.15, -0.1) is 5.10 Å². The SMILES string of the molecule is COc1ccc2nc(C(=O)N3CCC4(CC3)CC(=O)c3cc(-c5n[nH]c(=O)o5)ccc3O4)cc(OC)c2c1. The first-order valence-corrected chi connectivity index (χ1v) is 12.1. The van der Waals surface area contributed by atoms with Crippen molar-refractivity contribution in [1.29, 1.82) is 0 Å². The number of likely N-dealkylation sites (tertiary alicyclic amines) is 1. The van der Waals surface area contributed by atoms with Crippen molar-refractivity contribution >= 4 is 22.6 Å². The number of fused-ring (bicyclic) bond motifs is 2. The predicted octanol–water partition coefficient (Wildman–Crippen LogP) is 3.24. The van der Waals surface area contributed by atoms with E-state index in [4.69, 9.17) is 18.6 Å². The van der Waals surface area contributed by atoms with Crippen LogP contribution in [0.25, 0.3) is 22.4 Å². The number of amides is 1. The normalized spacial score (nSPS) is 16.3. The third kappa shape index (κ3) is 4.05. The number of rotatable bonds is 4. The fraction of sp³-hybridized carbons (Fsp3) is 0.296. The van der Waals surface area contributed by atoms with Crippen LogP contribution < -0.4 is 20.0 Å². The van der Waals surface area contributed by atoms with Crippen LogP contribution in [0.4, 0.5) is 0 Å². The molecule has 11 heteroatoms. The van der Waals surface area contributed by atoms with Crippen molar-refractivity contribution in [3.8, 4) is 28.7 Å². The molecule has 0 bridgehead atoms. The number of nitrogens with one attached hydrogen (secondary N) is 1. The topological polar surface area (TPSA) is 137 Å². The van der Waals surface area contributed by atoms with Gasteiger partial charge in [-0.2, -0.15) is 0 Å². The van der Waals surface area contributed by atoms with Gasteiger partial charge < -0.3 is 23.5 Å². The summed E-state index contributed by atoms with van der Waals surface area (Å²) in [7, 11) is 3.14. The van der Waals surface area contributed by atoms with E-state index in [2.05, 4.69) is 15.2 Å². The van der Waals surface area contributed by atoms with E-state index in [1.807, 2.05) is 6.07 Å². The third-order valence-electron chi connectivity index (χ3n) is 7.15. The Kier molecular flexibility index (Phi) is 5.63. The fourth-order valence-corrected chi connectivity index (χ4v) is 5.12. The van der Waals surface area contributed by atoms with Gasteiger partial charge in [-0.25, -0.2) is 14.9 Å². The maximum atomic E-state index is 13.4. The zero-order valence-electron chi connectivity index (χ0n) is 20.8. The highest BCUT2D eigenvalue weighted by Gasteiger charge is 2.44. The Hall–Kier alpha value is -4.67. The molecule has 0 aliphatic carbocycles. The Morgan fingerprint density at radius 3 is 2.58 bits per heavy atom. The molecule has 11 nitrogen and oxygen atoms in total. The number of ketones is 1. The summed E-state index contributed by atoms with van der Waals surface area (Å²) in [6.45, 7) is 0.838. The summed E-state index contributed by atoms with van der Waals surface area (Å²) in [6, 6.07) is 12.1. The molecule has 4 heterocycles. The van der Waals surface area contributed by atoms with E-state index in [0.717, 1.165) is 5.39 Å². The van der Waals surface area contributed by atoms with Gasteiger partial charge >= 0.3 is 5.76 Å². The number of Topliss-reactive ketones (excluding diaryl/α,β-unsaturated/α-hetero) is 1. The minimum Gasteiger partial charge on any atom is -0.497 e. The quantitative estimate of drug-likeness (QED) is 0.433. The molecular weight excluding hydrogens is 492 g/mol. The van der Waals surface area contributed by atoms with Crippen LogP contribution in [-0.2, 0) is 0 Å². The third-order valence-corrected chi connectivity index (χ3v) is 7.15. The average Bonchev–Trinajstić information content (AvgIpc) is 3.38. The Morgan fingerprint density at radius 2 is 1.87 bits per heavy atom. The molecule has 1 N–H and O–H groups in total.